The van der Waals surface area contributed by atoms with Crippen molar-refractivity contribution in [2.24, 2.45) is 11.7 Å². The summed E-state index contributed by atoms with van der Waals surface area (Å²) in [5, 5.41) is 6.46. The lowest BCUT2D eigenvalue weighted by Gasteiger charge is -2.14. The largest absolute Gasteiger partial charge is 0.369 e. The zero-order valence-corrected chi connectivity index (χ0v) is 8.14. The molecule has 6 heteroatoms. The van der Waals surface area contributed by atoms with E-state index in [-0.39, 0.29) is 18.2 Å². The number of nitrogens with one attached hydrogen (secondary N) is 1. The molecule has 1 unspecified atom stereocenters. The Labute approximate surface area is 86.4 Å². The van der Waals surface area contributed by atoms with Crippen LogP contribution in [0.3, 0.4) is 0 Å². The fourth-order valence-electron chi connectivity index (χ4n) is 1.70. The number of carbonyl (C=O) groups excluding carboxylic acids is 2. The Morgan fingerprint density at radius 2 is 2.53 bits per heavy atom. The first-order chi connectivity index (χ1) is 7.16. The molecule has 1 atom stereocenters. The lowest BCUT2D eigenvalue weighted by atomic mass is 10.1. The van der Waals surface area contributed by atoms with Gasteiger partial charge in [-0.15, -0.1) is 0 Å². The van der Waals surface area contributed by atoms with Gasteiger partial charge in [-0.3, -0.25) is 14.7 Å². The standard InChI is InChI=1S/C9H12N4O2/c10-9(15)7-1-8(14)13(5-7)4-6-2-11-12-3-6/h2-3,7H,1,4-5H2,(H2,10,15)(H,11,12). The Kier molecular flexibility index (Phi) is 2.40. The summed E-state index contributed by atoms with van der Waals surface area (Å²) in [4.78, 5) is 24.0. The molecule has 3 N–H and O–H groups in total. The molecule has 0 radical (unpaired) electrons. The molecule has 2 heterocycles. The summed E-state index contributed by atoms with van der Waals surface area (Å²) in [6, 6.07) is 0. The zero-order chi connectivity index (χ0) is 10.8. The van der Waals surface area contributed by atoms with Crippen LogP contribution in [-0.2, 0) is 16.1 Å². The van der Waals surface area contributed by atoms with Crippen molar-refractivity contribution in [3.05, 3.63) is 18.0 Å². The molecule has 15 heavy (non-hydrogen) atoms. The smallest absolute Gasteiger partial charge is 0.223 e. The second-order valence-electron chi connectivity index (χ2n) is 3.68. The van der Waals surface area contributed by atoms with Crippen LogP contribution in [0.4, 0.5) is 0 Å². The van der Waals surface area contributed by atoms with E-state index < -0.39 is 5.91 Å². The zero-order valence-electron chi connectivity index (χ0n) is 8.14. The van der Waals surface area contributed by atoms with Crippen molar-refractivity contribution in [3.63, 3.8) is 0 Å². The molecule has 80 valence electrons. The van der Waals surface area contributed by atoms with Crippen LogP contribution in [0.2, 0.25) is 0 Å². The number of nitrogens with zero attached hydrogens (tertiary/aromatic N) is 2. The third-order valence-corrected chi connectivity index (χ3v) is 2.55. The van der Waals surface area contributed by atoms with E-state index in [4.69, 9.17) is 5.73 Å². The maximum absolute atomic E-state index is 11.5. The van der Waals surface area contributed by atoms with Gasteiger partial charge in [0.15, 0.2) is 0 Å². The Hall–Kier alpha value is -1.85. The van der Waals surface area contributed by atoms with E-state index in [1.807, 2.05) is 0 Å². The number of carbonyl (C=O) groups is 2. The van der Waals surface area contributed by atoms with Gasteiger partial charge in [0.2, 0.25) is 11.8 Å². The molecular formula is C9H12N4O2. The molecule has 1 aliphatic heterocycles. The number of H-pyrrole nitrogens is 1. The number of aromatic nitrogens is 2. The Balaban J connectivity index is 2.00. The number of aromatic amines is 1. The fraction of sp³-hybridized carbons (Fsp3) is 0.444. The summed E-state index contributed by atoms with van der Waals surface area (Å²) in [6.07, 6.45) is 3.61. The van der Waals surface area contributed by atoms with Crippen molar-refractivity contribution in [1.82, 2.24) is 15.1 Å². The van der Waals surface area contributed by atoms with Crippen molar-refractivity contribution in [2.45, 2.75) is 13.0 Å². The summed E-state index contributed by atoms with van der Waals surface area (Å²) in [7, 11) is 0. The molecule has 6 nitrogen and oxygen atoms in total. The van der Waals surface area contributed by atoms with Crippen LogP contribution in [0, 0.1) is 5.92 Å². The van der Waals surface area contributed by atoms with Crippen LogP contribution >= 0.6 is 0 Å². The summed E-state index contributed by atoms with van der Waals surface area (Å²) >= 11 is 0. The fourth-order valence-corrected chi connectivity index (χ4v) is 1.70. The summed E-state index contributed by atoms with van der Waals surface area (Å²) in [6.45, 7) is 0.901. The van der Waals surface area contributed by atoms with E-state index in [1.54, 1.807) is 17.3 Å². The van der Waals surface area contributed by atoms with Gasteiger partial charge in [-0.25, -0.2) is 0 Å². The van der Waals surface area contributed by atoms with Gasteiger partial charge in [-0.2, -0.15) is 5.10 Å². The van der Waals surface area contributed by atoms with Gasteiger partial charge in [-0.05, 0) is 0 Å². The van der Waals surface area contributed by atoms with Gasteiger partial charge < -0.3 is 10.6 Å². The first kappa shape index (κ1) is 9.70. The quantitative estimate of drug-likeness (QED) is 0.684. The lowest BCUT2D eigenvalue weighted by molar-refractivity contribution is -0.128. The van der Waals surface area contributed by atoms with Crippen LogP contribution < -0.4 is 5.73 Å². The highest BCUT2D eigenvalue weighted by atomic mass is 16.2. The number of primary amides is 1. The predicted molar refractivity (Wildman–Crippen MR) is 51.3 cm³/mol. The van der Waals surface area contributed by atoms with E-state index in [2.05, 4.69) is 10.2 Å². The molecule has 0 spiro atoms. The number of rotatable bonds is 3. The molecule has 1 fully saturated rings. The lowest BCUT2D eigenvalue weighted by Crippen LogP contribution is -2.28. The molecule has 0 bridgehead atoms. The van der Waals surface area contributed by atoms with Crippen molar-refractivity contribution in [3.8, 4) is 0 Å². The van der Waals surface area contributed by atoms with Gasteiger partial charge in [-0.1, -0.05) is 0 Å². The average molecular weight is 208 g/mol. The third-order valence-electron chi connectivity index (χ3n) is 2.55. The number of hydrogen-bond donors (Lipinski definition) is 2. The number of amides is 2. The number of hydrogen-bond acceptors (Lipinski definition) is 3. The SMILES string of the molecule is NC(=O)C1CC(=O)N(Cc2cn[nH]c2)C1. The summed E-state index contributed by atoms with van der Waals surface area (Å²) < 4.78 is 0. The molecule has 0 saturated carbocycles. The maximum atomic E-state index is 11.5. The topological polar surface area (TPSA) is 92.1 Å². The first-order valence-electron chi connectivity index (χ1n) is 4.71. The molecule has 2 rings (SSSR count). The molecule has 0 aromatic carbocycles. The molecular weight excluding hydrogens is 196 g/mol. The molecule has 1 aromatic rings. The minimum atomic E-state index is -0.405. The van der Waals surface area contributed by atoms with Gasteiger partial charge >= 0.3 is 0 Å². The number of likely N-dealkylation sites (tertiary alicyclic amines) is 1. The van der Waals surface area contributed by atoms with E-state index >= 15 is 0 Å². The number of nitrogens with two attached hydrogens (primary N) is 1. The molecule has 2 amide bonds. The van der Waals surface area contributed by atoms with Crippen LogP contribution in [0.1, 0.15) is 12.0 Å². The Bertz CT molecular complexity index is 373. The summed E-state index contributed by atoms with van der Waals surface area (Å²) in [5.74, 6) is -0.776. The van der Waals surface area contributed by atoms with E-state index in [0.717, 1.165) is 5.56 Å². The normalized spacial score (nSPS) is 20.9. The van der Waals surface area contributed by atoms with Gasteiger partial charge in [0.1, 0.15) is 0 Å². The molecule has 1 aliphatic rings. The third kappa shape index (κ3) is 1.98. The highest BCUT2D eigenvalue weighted by Gasteiger charge is 2.32. The minimum absolute atomic E-state index is 0.0278. The Morgan fingerprint density at radius 1 is 1.73 bits per heavy atom. The van der Waals surface area contributed by atoms with Crippen molar-refractivity contribution < 1.29 is 9.59 Å². The molecule has 1 aromatic heterocycles. The second kappa shape index (κ2) is 3.72. The van der Waals surface area contributed by atoms with Crippen LogP contribution in [0.5, 0.6) is 0 Å². The van der Waals surface area contributed by atoms with Crippen LogP contribution in [0.25, 0.3) is 0 Å². The monoisotopic (exact) mass is 208 g/mol. The Morgan fingerprint density at radius 3 is 3.07 bits per heavy atom. The van der Waals surface area contributed by atoms with Crippen LogP contribution in [0.15, 0.2) is 12.4 Å². The maximum Gasteiger partial charge on any atom is 0.223 e. The first-order valence-corrected chi connectivity index (χ1v) is 4.71. The van der Waals surface area contributed by atoms with Gasteiger partial charge in [0, 0.05) is 31.3 Å². The predicted octanol–water partition coefficient (Wildman–Crippen LogP) is -0.757. The molecule has 1 saturated heterocycles. The van der Waals surface area contributed by atoms with E-state index in [1.165, 1.54) is 0 Å². The molecule has 0 aliphatic carbocycles. The van der Waals surface area contributed by atoms with Gasteiger partial charge in [0.05, 0.1) is 12.1 Å². The highest BCUT2D eigenvalue weighted by molar-refractivity contribution is 5.88. The van der Waals surface area contributed by atoms with Crippen molar-refractivity contribution >= 4 is 11.8 Å². The van der Waals surface area contributed by atoms with Crippen molar-refractivity contribution in [2.75, 3.05) is 6.54 Å². The van der Waals surface area contributed by atoms with Gasteiger partial charge in [0.25, 0.3) is 0 Å². The van der Waals surface area contributed by atoms with Crippen LogP contribution in [-0.4, -0.2) is 33.5 Å². The average Bonchev–Trinajstić information content (AvgIpc) is 2.77. The van der Waals surface area contributed by atoms with E-state index in [0.29, 0.717) is 13.1 Å². The second-order valence-corrected chi connectivity index (χ2v) is 3.68. The highest BCUT2D eigenvalue weighted by Crippen LogP contribution is 2.19. The van der Waals surface area contributed by atoms with E-state index in [9.17, 15) is 9.59 Å². The summed E-state index contributed by atoms with van der Waals surface area (Å²) in [5.41, 5.74) is 6.08. The minimum Gasteiger partial charge on any atom is -0.369 e. The van der Waals surface area contributed by atoms with Crippen molar-refractivity contribution in [1.29, 1.82) is 0 Å².